The Bertz CT molecular complexity index is 589. The van der Waals surface area contributed by atoms with E-state index in [0.29, 0.717) is 6.61 Å². The maximum Gasteiger partial charge on any atom is 0.138 e. The smallest absolute Gasteiger partial charge is 0.138 e. The summed E-state index contributed by atoms with van der Waals surface area (Å²) in [7, 11) is 0. The molecule has 1 saturated heterocycles. The largest absolute Gasteiger partial charge is 0.367 e. The van der Waals surface area contributed by atoms with Gasteiger partial charge in [-0.05, 0) is 6.07 Å². The lowest BCUT2D eigenvalue weighted by atomic mass is 10.0. The van der Waals surface area contributed by atoms with Crippen LogP contribution in [0, 0.1) is 0 Å². The Morgan fingerprint density at radius 1 is 1.21 bits per heavy atom. The van der Waals surface area contributed by atoms with E-state index in [1.807, 2.05) is 6.07 Å². The summed E-state index contributed by atoms with van der Waals surface area (Å²) in [6.45, 7) is 4.35. The number of ether oxygens (including phenoxy) is 2. The van der Waals surface area contributed by atoms with Gasteiger partial charge in [0.25, 0.3) is 0 Å². The number of hydrogen-bond donors (Lipinski definition) is 1. The van der Waals surface area contributed by atoms with Gasteiger partial charge in [-0.25, -0.2) is 0 Å². The zero-order chi connectivity index (χ0) is 12.7. The van der Waals surface area contributed by atoms with Crippen molar-refractivity contribution >= 4 is 10.9 Å². The molecule has 0 bridgehead atoms. The lowest BCUT2D eigenvalue weighted by molar-refractivity contribution is -0.679. The van der Waals surface area contributed by atoms with Crippen LogP contribution in [0.3, 0.4) is 0 Å². The third-order valence-corrected chi connectivity index (χ3v) is 3.95. The summed E-state index contributed by atoms with van der Waals surface area (Å²) in [6.07, 6.45) is 0.144. The predicted molar refractivity (Wildman–Crippen MR) is 69.8 cm³/mol. The van der Waals surface area contributed by atoms with Gasteiger partial charge in [0.1, 0.15) is 18.8 Å². The van der Waals surface area contributed by atoms with Crippen LogP contribution in [0.15, 0.2) is 24.3 Å². The van der Waals surface area contributed by atoms with Crippen LogP contribution in [0.5, 0.6) is 0 Å². The summed E-state index contributed by atoms with van der Waals surface area (Å²) in [5.41, 5.74) is 2.23. The second kappa shape index (κ2) is 4.59. The van der Waals surface area contributed by atoms with Crippen LogP contribution in [0.1, 0.15) is 11.8 Å². The molecule has 0 aliphatic carbocycles. The zero-order valence-corrected chi connectivity index (χ0v) is 10.8. The van der Waals surface area contributed by atoms with E-state index in [4.69, 9.17) is 9.47 Å². The quantitative estimate of drug-likeness (QED) is 0.789. The molecular weight excluding hydrogens is 242 g/mol. The number of nitrogens with two attached hydrogens (primary N) is 1. The molecule has 1 unspecified atom stereocenters. The highest BCUT2D eigenvalue weighted by Crippen LogP contribution is 2.32. The van der Waals surface area contributed by atoms with Crippen LogP contribution >= 0.6 is 0 Å². The molecule has 1 aromatic heterocycles. The third kappa shape index (κ3) is 1.85. The molecule has 3 heterocycles. The molecule has 0 saturated carbocycles. The number of hydrogen-bond acceptors (Lipinski definition) is 3. The van der Waals surface area contributed by atoms with Crippen molar-refractivity contribution in [2.75, 3.05) is 26.3 Å². The summed E-state index contributed by atoms with van der Waals surface area (Å²) >= 11 is 0. The van der Waals surface area contributed by atoms with Crippen molar-refractivity contribution < 1.29 is 14.8 Å². The standard InChI is InChI=1S/C14H17N3O2/c1-2-4-11-10(3-1)13-14(12-9-15-5-7-18-12)19-8-6-17(13)16-11/h1-4,12,14-15H,5-9H2/p+1/t12-,14?/m1/s1. The minimum atomic E-state index is 0.0118. The highest BCUT2D eigenvalue weighted by Gasteiger charge is 2.35. The van der Waals surface area contributed by atoms with Crippen LogP contribution < -0.4 is 5.32 Å². The molecule has 0 radical (unpaired) electrons. The summed E-state index contributed by atoms with van der Waals surface area (Å²) < 4.78 is 14.0. The van der Waals surface area contributed by atoms with E-state index in [1.54, 1.807) is 0 Å². The van der Waals surface area contributed by atoms with Gasteiger partial charge >= 0.3 is 0 Å². The normalized spacial score (nSPS) is 27.4. The van der Waals surface area contributed by atoms with Crippen LogP contribution in [-0.4, -0.2) is 42.2 Å². The molecular formula is C14H18N3O2+. The molecule has 5 heteroatoms. The van der Waals surface area contributed by atoms with Crippen molar-refractivity contribution in [2.45, 2.75) is 18.8 Å². The maximum atomic E-state index is 6.00. The predicted octanol–water partition coefficient (Wildman–Crippen LogP) is 0.0698. The van der Waals surface area contributed by atoms with Gasteiger partial charge in [-0.15, -0.1) is 0 Å². The Morgan fingerprint density at radius 2 is 2.16 bits per heavy atom. The molecule has 4 rings (SSSR count). The molecule has 5 nitrogen and oxygen atoms in total. The molecule has 2 aliphatic rings. The third-order valence-electron chi connectivity index (χ3n) is 3.95. The van der Waals surface area contributed by atoms with Gasteiger partial charge in [0, 0.05) is 5.39 Å². The van der Waals surface area contributed by atoms with Crippen molar-refractivity contribution in [2.24, 2.45) is 0 Å². The Kier molecular flexibility index (Phi) is 2.76. The Labute approximate surface area is 111 Å². The van der Waals surface area contributed by atoms with Gasteiger partial charge in [-0.3, -0.25) is 4.68 Å². The van der Waals surface area contributed by atoms with Gasteiger partial charge < -0.3 is 14.8 Å². The van der Waals surface area contributed by atoms with Gasteiger partial charge in [0.05, 0.1) is 37.5 Å². The molecule has 2 atom stereocenters. The van der Waals surface area contributed by atoms with E-state index in [-0.39, 0.29) is 12.2 Å². The van der Waals surface area contributed by atoms with Crippen LogP contribution in [0.25, 0.3) is 10.9 Å². The second-order valence-corrected chi connectivity index (χ2v) is 5.14. The van der Waals surface area contributed by atoms with Crippen LogP contribution in [-0.2, 0) is 16.0 Å². The maximum absolute atomic E-state index is 6.00. The first-order valence-electron chi connectivity index (χ1n) is 6.94. The number of nitrogens with zero attached hydrogens (tertiary/aromatic N) is 2. The number of fused-ring (bicyclic) bond motifs is 3. The number of benzene rings is 1. The minimum Gasteiger partial charge on any atom is -0.367 e. The summed E-state index contributed by atoms with van der Waals surface area (Å²) in [5, 5.41) is 8.17. The van der Waals surface area contributed by atoms with Gasteiger partial charge in [0.2, 0.25) is 0 Å². The first kappa shape index (κ1) is 11.4. The van der Waals surface area contributed by atoms with Gasteiger partial charge in [-0.1, -0.05) is 18.2 Å². The van der Waals surface area contributed by atoms with Crippen molar-refractivity contribution in [1.82, 2.24) is 9.78 Å². The summed E-state index contributed by atoms with van der Waals surface area (Å²) in [4.78, 5) is 0. The van der Waals surface area contributed by atoms with Crippen molar-refractivity contribution in [3.8, 4) is 0 Å². The van der Waals surface area contributed by atoms with Crippen LogP contribution in [0.2, 0.25) is 0 Å². The van der Waals surface area contributed by atoms with E-state index in [2.05, 4.69) is 33.3 Å². The number of morpholine rings is 1. The van der Waals surface area contributed by atoms with Crippen molar-refractivity contribution in [1.29, 1.82) is 0 Å². The number of rotatable bonds is 1. The molecule has 1 aromatic carbocycles. The Hall–Kier alpha value is -1.43. The molecule has 19 heavy (non-hydrogen) atoms. The Morgan fingerprint density at radius 3 is 3.05 bits per heavy atom. The highest BCUT2D eigenvalue weighted by molar-refractivity contribution is 5.82. The van der Waals surface area contributed by atoms with E-state index in [0.717, 1.165) is 31.8 Å². The molecule has 1 fully saturated rings. The molecule has 2 aliphatic heterocycles. The van der Waals surface area contributed by atoms with E-state index >= 15 is 0 Å². The fraction of sp³-hybridized carbons (Fsp3) is 0.500. The fourth-order valence-corrected chi connectivity index (χ4v) is 3.06. The first-order chi connectivity index (χ1) is 9.43. The SMILES string of the molecule is c1ccc2c3n(nc2c1)CCOC3[C@H]1C[NH2+]CCO1. The zero-order valence-electron chi connectivity index (χ0n) is 10.8. The van der Waals surface area contributed by atoms with Crippen molar-refractivity contribution in [3.05, 3.63) is 30.0 Å². The number of quaternary nitrogens is 1. The molecule has 2 N–H and O–H groups in total. The van der Waals surface area contributed by atoms with Crippen LogP contribution in [0.4, 0.5) is 0 Å². The molecule has 2 aromatic rings. The van der Waals surface area contributed by atoms with E-state index in [1.165, 1.54) is 11.1 Å². The fourth-order valence-electron chi connectivity index (χ4n) is 3.06. The number of aromatic nitrogens is 2. The Balaban J connectivity index is 1.80. The lowest BCUT2D eigenvalue weighted by Gasteiger charge is -2.32. The average Bonchev–Trinajstić information content (AvgIpc) is 2.86. The minimum absolute atomic E-state index is 0.0118. The van der Waals surface area contributed by atoms with Gasteiger partial charge in [0.15, 0.2) is 0 Å². The topological polar surface area (TPSA) is 52.9 Å². The lowest BCUT2D eigenvalue weighted by Crippen LogP contribution is -2.90. The first-order valence-corrected chi connectivity index (χ1v) is 6.94. The van der Waals surface area contributed by atoms with Crippen molar-refractivity contribution in [3.63, 3.8) is 0 Å². The molecule has 0 spiro atoms. The molecule has 0 amide bonds. The average molecular weight is 260 g/mol. The summed E-state index contributed by atoms with van der Waals surface area (Å²) in [6, 6.07) is 8.28. The molecule has 100 valence electrons. The monoisotopic (exact) mass is 260 g/mol. The second-order valence-electron chi connectivity index (χ2n) is 5.14. The van der Waals surface area contributed by atoms with E-state index < -0.39 is 0 Å². The highest BCUT2D eigenvalue weighted by atomic mass is 16.5. The summed E-state index contributed by atoms with van der Waals surface area (Å²) in [5.74, 6) is 0. The van der Waals surface area contributed by atoms with Gasteiger partial charge in [-0.2, -0.15) is 5.10 Å². The van der Waals surface area contributed by atoms with E-state index in [9.17, 15) is 0 Å².